The Hall–Kier alpha value is -0.560. The highest BCUT2D eigenvalue weighted by molar-refractivity contribution is 5.05. The van der Waals surface area contributed by atoms with Crippen molar-refractivity contribution < 1.29 is 5.11 Å². The molecule has 0 aromatic heterocycles. The number of hydrogen-bond acceptors (Lipinski definition) is 1. The second-order valence-electron chi connectivity index (χ2n) is 5.79. The van der Waals surface area contributed by atoms with Gasteiger partial charge in [0.05, 0.1) is 5.60 Å². The molecule has 2 unspecified atom stereocenters. The maximum Gasteiger partial charge on any atom is 0.0654 e. The monoisotopic (exact) mass is 222 g/mol. The third-order valence-corrected chi connectivity index (χ3v) is 3.54. The molecular formula is C15H26O. The normalized spacial score (nSPS) is 31.9. The van der Waals surface area contributed by atoms with Gasteiger partial charge in [0.1, 0.15) is 0 Å². The number of aliphatic hydroxyl groups is 1. The van der Waals surface area contributed by atoms with E-state index >= 15 is 0 Å². The lowest BCUT2D eigenvalue weighted by atomic mass is 9.84. The van der Waals surface area contributed by atoms with Crippen LogP contribution in [0.2, 0.25) is 0 Å². The van der Waals surface area contributed by atoms with E-state index in [0.29, 0.717) is 5.92 Å². The summed E-state index contributed by atoms with van der Waals surface area (Å²) >= 11 is 0. The first kappa shape index (κ1) is 13.5. The quantitative estimate of drug-likeness (QED) is 0.663. The molecular weight excluding hydrogens is 196 g/mol. The molecule has 2 atom stereocenters. The molecule has 0 saturated heterocycles. The molecule has 16 heavy (non-hydrogen) atoms. The van der Waals surface area contributed by atoms with Crippen molar-refractivity contribution >= 4 is 0 Å². The van der Waals surface area contributed by atoms with Crippen molar-refractivity contribution in [3.63, 3.8) is 0 Å². The van der Waals surface area contributed by atoms with E-state index in [1.807, 2.05) is 13.8 Å². The van der Waals surface area contributed by atoms with Crippen LogP contribution in [0.1, 0.15) is 53.4 Å². The molecule has 1 aliphatic carbocycles. The lowest BCUT2D eigenvalue weighted by Gasteiger charge is -2.27. The zero-order valence-electron chi connectivity index (χ0n) is 11.2. The minimum Gasteiger partial charge on any atom is -0.390 e. The van der Waals surface area contributed by atoms with Crippen LogP contribution in [0, 0.1) is 11.8 Å². The van der Waals surface area contributed by atoms with Crippen LogP contribution in [-0.4, -0.2) is 10.7 Å². The molecule has 0 aromatic carbocycles. The highest BCUT2D eigenvalue weighted by Gasteiger charge is 2.24. The Morgan fingerprint density at radius 2 is 1.94 bits per heavy atom. The first-order valence-corrected chi connectivity index (χ1v) is 6.46. The predicted octanol–water partition coefficient (Wildman–Crippen LogP) is 4.09. The van der Waals surface area contributed by atoms with Crippen molar-refractivity contribution in [1.29, 1.82) is 0 Å². The van der Waals surface area contributed by atoms with Crippen molar-refractivity contribution in [2.45, 2.75) is 59.0 Å². The van der Waals surface area contributed by atoms with E-state index in [-0.39, 0.29) is 5.92 Å². The van der Waals surface area contributed by atoms with Crippen LogP contribution in [0.5, 0.6) is 0 Å². The van der Waals surface area contributed by atoms with Crippen LogP contribution in [0.15, 0.2) is 23.8 Å². The fourth-order valence-corrected chi connectivity index (χ4v) is 2.18. The molecule has 0 aliphatic heterocycles. The van der Waals surface area contributed by atoms with E-state index in [4.69, 9.17) is 0 Å². The summed E-state index contributed by atoms with van der Waals surface area (Å²) in [4.78, 5) is 0. The Labute approximate surface area is 100 Å². The van der Waals surface area contributed by atoms with Gasteiger partial charge in [-0.1, -0.05) is 30.7 Å². The molecule has 0 heterocycles. The molecule has 0 amide bonds. The Bertz CT molecular complexity index is 268. The molecule has 1 nitrogen and oxygen atoms in total. The SMILES string of the molecule is C/C1=C\CCC(C)C=CC(C(C)(C)O)CC1. The highest BCUT2D eigenvalue weighted by atomic mass is 16.3. The molecule has 1 rings (SSSR count). The first-order chi connectivity index (χ1) is 7.39. The van der Waals surface area contributed by atoms with Gasteiger partial charge >= 0.3 is 0 Å². The molecule has 0 bridgehead atoms. The molecule has 0 aromatic rings. The summed E-state index contributed by atoms with van der Waals surface area (Å²) in [6, 6.07) is 0. The van der Waals surface area contributed by atoms with Crippen molar-refractivity contribution in [3.05, 3.63) is 23.8 Å². The van der Waals surface area contributed by atoms with Gasteiger partial charge in [0.2, 0.25) is 0 Å². The average molecular weight is 222 g/mol. The minimum atomic E-state index is -0.601. The molecule has 0 radical (unpaired) electrons. The van der Waals surface area contributed by atoms with Crippen LogP contribution >= 0.6 is 0 Å². The van der Waals surface area contributed by atoms with E-state index in [9.17, 15) is 5.11 Å². The van der Waals surface area contributed by atoms with Gasteiger partial charge in [0, 0.05) is 5.92 Å². The average Bonchev–Trinajstić information content (AvgIpc) is 2.15. The van der Waals surface area contributed by atoms with Crippen LogP contribution in [0.25, 0.3) is 0 Å². The van der Waals surface area contributed by atoms with Gasteiger partial charge in [-0.2, -0.15) is 0 Å². The van der Waals surface area contributed by atoms with E-state index < -0.39 is 5.60 Å². The van der Waals surface area contributed by atoms with Gasteiger partial charge in [-0.15, -0.1) is 0 Å². The summed E-state index contributed by atoms with van der Waals surface area (Å²) < 4.78 is 0. The molecule has 1 heteroatoms. The second-order valence-corrected chi connectivity index (χ2v) is 5.79. The smallest absolute Gasteiger partial charge is 0.0654 e. The number of hydrogen-bond donors (Lipinski definition) is 1. The van der Waals surface area contributed by atoms with Crippen LogP contribution < -0.4 is 0 Å². The molecule has 0 saturated carbocycles. The zero-order chi connectivity index (χ0) is 12.2. The molecule has 0 fully saturated rings. The molecule has 1 aliphatic rings. The minimum absolute atomic E-state index is 0.274. The van der Waals surface area contributed by atoms with Gasteiger partial charge in [-0.3, -0.25) is 0 Å². The Balaban J connectivity index is 2.76. The third-order valence-electron chi connectivity index (χ3n) is 3.54. The topological polar surface area (TPSA) is 20.2 Å². The van der Waals surface area contributed by atoms with E-state index in [2.05, 4.69) is 32.1 Å². The van der Waals surface area contributed by atoms with E-state index in [1.165, 1.54) is 18.4 Å². The van der Waals surface area contributed by atoms with Crippen molar-refractivity contribution in [2.24, 2.45) is 11.8 Å². The van der Waals surface area contributed by atoms with Crippen molar-refractivity contribution in [1.82, 2.24) is 0 Å². The highest BCUT2D eigenvalue weighted by Crippen LogP contribution is 2.27. The number of allylic oxidation sites excluding steroid dienone is 3. The van der Waals surface area contributed by atoms with Gasteiger partial charge in [0.15, 0.2) is 0 Å². The van der Waals surface area contributed by atoms with Gasteiger partial charge in [0.25, 0.3) is 0 Å². The van der Waals surface area contributed by atoms with E-state index in [1.54, 1.807) is 0 Å². The summed E-state index contributed by atoms with van der Waals surface area (Å²) in [6.07, 6.45) is 11.4. The fraction of sp³-hybridized carbons (Fsp3) is 0.733. The van der Waals surface area contributed by atoms with Crippen LogP contribution in [-0.2, 0) is 0 Å². The molecule has 92 valence electrons. The fourth-order valence-electron chi connectivity index (χ4n) is 2.18. The van der Waals surface area contributed by atoms with Crippen molar-refractivity contribution in [2.75, 3.05) is 0 Å². The lowest BCUT2D eigenvalue weighted by Crippen LogP contribution is -2.29. The lowest BCUT2D eigenvalue weighted by molar-refractivity contribution is 0.0336. The Morgan fingerprint density at radius 1 is 1.25 bits per heavy atom. The second kappa shape index (κ2) is 5.67. The van der Waals surface area contributed by atoms with Gasteiger partial charge in [-0.05, 0) is 52.4 Å². The largest absolute Gasteiger partial charge is 0.390 e. The number of rotatable bonds is 1. The maximum atomic E-state index is 10.1. The van der Waals surface area contributed by atoms with Gasteiger partial charge in [-0.25, -0.2) is 0 Å². The molecule has 1 N–H and O–H groups in total. The Morgan fingerprint density at radius 3 is 2.56 bits per heavy atom. The summed E-state index contributed by atoms with van der Waals surface area (Å²) in [7, 11) is 0. The summed E-state index contributed by atoms with van der Waals surface area (Å²) in [5.74, 6) is 0.892. The van der Waals surface area contributed by atoms with Gasteiger partial charge < -0.3 is 5.11 Å². The predicted molar refractivity (Wildman–Crippen MR) is 70.3 cm³/mol. The maximum absolute atomic E-state index is 10.1. The third kappa shape index (κ3) is 4.52. The summed E-state index contributed by atoms with van der Waals surface area (Å²) in [5, 5.41) is 10.1. The standard InChI is InChI=1S/C15H26O/c1-12-6-5-7-13(2)9-11-14(10-8-12)15(3,4)16/h6,9,11,13-14,16H,5,7-8,10H2,1-4H3/b11-9?,12-6+. The van der Waals surface area contributed by atoms with Crippen LogP contribution in [0.4, 0.5) is 0 Å². The summed E-state index contributed by atoms with van der Waals surface area (Å²) in [6.45, 7) is 8.29. The summed E-state index contributed by atoms with van der Waals surface area (Å²) in [5.41, 5.74) is 0.868. The van der Waals surface area contributed by atoms with E-state index in [0.717, 1.165) is 12.8 Å². The molecule has 0 spiro atoms. The van der Waals surface area contributed by atoms with Crippen molar-refractivity contribution in [3.8, 4) is 0 Å². The Kier molecular flexibility index (Phi) is 4.79. The first-order valence-electron chi connectivity index (χ1n) is 6.46. The van der Waals surface area contributed by atoms with Crippen LogP contribution in [0.3, 0.4) is 0 Å². The zero-order valence-corrected chi connectivity index (χ0v) is 11.2.